The molecule has 1 amide bonds. The van der Waals surface area contributed by atoms with E-state index in [1.807, 2.05) is 6.07 Å². The van der Waals surface area contributed by atoms with E-state index in [-0.39, 0.29) is 18.9 Å². The fourth-order valence-electron chi connectivity index (χ4n) is 1.38. The van der Waals surface area contributed by atoms with Crippen LogP contribution in [0.5, 0.6) is 0 Å². The van der Waals surface area contributed by atoms with Gasteiger partial charge in [0, 0.05) is 5.69 Å². The number of hydrogen-bond donors (Lipinski definition) is 1. The maximum absolute atomic E-state index is 11.8. The van der Waals surface area contributed by atoms with E-state index in [0.717, 1.165) is 5.56 Å². The van der Waals surface area contributed by atoms with Gasteiger partial charge < -0.3 is 10.1 Å². The second-order valence-corrected chi connectivity index (χ2v) is 3.91. The lowest BCUT2D eigenvalue weighted by Crippen LogP contribution is -2.16. The molecule has 0 aromatic heterocycles. The minimum atomic E-state index is -2.53. The predicted molar refractivity (Wildman–Crippen MR) is 66.0 cm³/mol. The highest BCUT2D eigenvalue weighted by Gasteiger charge is 2.07. The SMILES string of the molecule is Cc1ccc(C#N)cc1NC(=O)CCOCC(F)F. The van der Waals surface area contributed by atoms with Crippen molar-refractivity contribution < 1.29 is 18.3 Å². The van der Waals surface area contributed by atoms with Gasteiger partial charge in [-0.2, -0.15) is 5.26 Å². The van der Waals surface area contributed by atoms with Gasteiger partial charge in [0.25, 0.3) is 6.43 Å². The monoisotopic (exact) mass is 268 g/mol. The highest BCUT2D eigenvalue weighted by atomic mass is 19.3. The number of nitrogens with one attached hydrogen (secondary N) is 1. The normalized spacial score (nSPS) is 10.3. The summed E-state index contributed by atoms with van der Waals surface area (Å²) >= 11 is 0. The lowest BCUT2D eigenvalue weighted by Gasteiger charge is -2.09. The summed E-state index contributed by atoms with van der Waals surface area (Å²) in [6.45, 7) is 1.06. The molecule has 19 heavy (non-hydrogen) atoms. The predicted octanol–water partition coefficient (Wildman–Crippen LogP) is 2.48. The average Bonchev–Trinajstić information content (AvgIpc) is 2.37. The standard InChI is InChI=1S/C13H14F2N2O2/c1-9-2-3-10(7-16)6-11(9)17-13(18)4-5-19-8-12(14)15/h2-3,6,12H,4-5,8H2,1H3,(H,17,18). The third-order valence-corrected chi connectivity index (χ3v) is 2.36. The van der Waals surface area contributed by atoms with Crippen LogP contribution in [0.1, 0.15) is 17.5 Å². The number of halogens is 2. The van der Waals surface area contributed by atoms with Gasteiger partial charge in [-0.1, -0.05) is 6.07 Å². The molecule has 0 fully saturated rings. The number of ether oxygens (including phenoxy) is 1. The Morgan fingerprint density at radius 1 is 1.53 bits per heavy atom. The van der Waals surface area contributed by atoms with Crippen molar-refractivity contribution >= 4 is 11.6 Å². The number of amides is 1. The summed E-state index contributed by atoms with van der Waals surface area (Å²) in [5.74, 6) is -0.340. The Balaban J connectivity index is 2.46. The van der Waals surface area contributed by atoms with Crippen molar-refractivity contribution in [3.63, 3.8) is 0 Å². The molecule has 0 atom stereocenters. The second-order valence-electron chi connectivity index (χ2n) is 3.91. The maximum atomic E-state index is 11.8. The first-order valence-electron chi connectivity index (χ1n) is 5.69. The fourth-order valence-corrected chi connectivity index (χ4v) is 1.38. The van der Waals surface area contributed by atoms with Crippen LogP contribution in [0, 0.1) is 18.3 Å². The quantitative estimate of drug-likeness (QED) is 0.806. The van der Waals surface area contributed by atoms with Gasteiger partial charge in [0.1, 0.15) is 6.61 Å². The van der Waals surface area contributed by atoms with Gasteiger partial charge in [-0.3, -0.25) is 4.79 Å². The van der Waals surface area contributed by atoms with Crippen LogP contribution in [-0.2, 0) is 9.53 Å². The van der Waals surface area contributed by atoms with Crippen LogP contribution in [0.4, 0.5) is 14.5 Å². The topological polar surface area (TPSA) is 62.1 Å². The van der Waals surface area contributed by atoms with Crippen molar-refractivity contribution in [3.05, 3.63) is 29.3 Å². The van der Waals surface area contributed by atoms with Gasteiger partial charge in [0.05, 0.1) is 24.7 Å². The fraction of sp³-hybridized carbons (Fsp3) is 0.385. The van der Waals surface area contributed by atoms with Crippen LogP contribution < -0.4 is 5.32 Å². The molecule has 1 aromatic rings. The Hall–Kier alpha value is -2.00. The zero-order valence-electron chi connectivity index (χ0n) is 10.5. The highest BCUT2D eigenvalue weighted by molar-refractivity contribution is 5.91. The van der Waals surface area contributed by atoms with Crippen molar-refractivity contribution in [1.29, 1.82) is 5.26 Å². The molecule has 1 aromatic carbocycles. The van der Waals surface area contributed by atoms with Crippen molar-refractivity contribution in [1.82, 2.24) is 0 Å². The molecule has 0 aliphatic carbocycles. The largest absolute Gasteiger partial charge is 0.375 e. The van der Waals surface area contributed by atoms with Gasteiger partial charge in [-0.25, -0.2) is 8.78 Å². The number of anilines is 1. The summed E-state index contributed by atoms with van der Waals surface area (Å²) in [5.41, 5.74) is 1.80. The van der Waals surface area contributed by atoms with E-state index in [9.17, 15) is 13.6 Å². The van der Waals surface area contributed by atoms with Crippen LogP contribution in [0.2, 0.25) is 0 Å². The molecule has 0 bridgehead atoms. The van der Waals surface area contributed by atoms with E-state index in [1.165, 1.54) is 0 Å². The van der Waals surface area contributed by atoms with E-state index in [2.05, 4.69) is 10.1 Å². The van der Waals surface area contributed by atoms with Gasteiger partial charge in [-0.15, -0.1) is 0 Å². The maximum Gasteiger partial charge on any atom is 0.261 e. The van der Waals surface area contributed by atoms with E-state index in [0.29, 0.717) is 11.3 Å². The molecule has 0 saturated carbocycles. The summed E-state index contributed by atoms with van der Waals surface area (Å²) in [6.07, 6.45) is -2.54. The molecule has 4 nitrogen and oxygen atoms in total. The number of benzene rings is 1. The van der Waals surface area contributed by atoms with Gasteiger partial charge in [0.15, 0.2) is 0 Å². The third kappa shape index (κ3) is 5.44. The molecular weight excluding hydrogens is 254 g/mol. The average molecular weight is 268 g/mol. The molecule has 1 rings (SSSR count). The van der Waals surface area contributed by atoms with Crippen LogP contribution in [0.15, 0.2) is 18.2 Å². The summed E-state index contributed by atoms with van der Waals surface area (Å²) in [5, 5.41) is 11.4. The van der Waals surface area contributed by atoms with Crippen molar-refractivity contribution in [2.24, 2.45) is 0 Å². The zero-order chi connectivity index (χ0) is 14.3. The van der Waals surface area contributed by atoms with Crippen LogP contribution in [0.3, 0.4) is 0 Å². The Morgan fingerprint density at radius 3 is 2.89 bits per heavy atom. The number of hydrogen-bond acceptors (Lipinski definition) is 3. The van der Waals surface area contributed by atoms with Gasteiger partial charge in [-0.05, 0) is 24.6 Å². The minimum absolute atomic E-state index is 0.0110. The van der Waals surface area contributed by atoms with Crippen LogP contribution in [-0.4, -0.2) is 25.5 Å². The zero-order valence-corrected chi connectivity index (χ0v) is 10.5. The van der Waals surface area contributed by atoms with Crippen molar-refractivity contribution in [3.8, 4) is 6.07 Å². The number of carbonyl (C=O) groups is 1. The molecule has 0 saturated heterocycles. The molecular formula is C13H14F2N2O2. The van der Waals surface area contributed by atoms with E-state index < -0.39 is 13.0 Å². The molecule has 0 aliphatic rings. The van der Waals surface area contributed by atoms with Gasteiger partial charge >= 0.3 is 0 Å². The Morgan fingerprint density at radius 2 is 2.26 bits per heavy atom. The lowest BCUT2D eigenvalue weighted by molar-refractivity contribution is -0.117. The molecule has 0 heterocycles. The lowest BCUT2D eigenvalue weighted by atomic mass is 10.1. The summed E-state index contributed by atoms with van der Waals surface area (Å²) in [4.78, 5) is 11.5. The molecule has 1 N–H and O–H groups in total. The third-order valence-electron chi connectivity index (χ3n) is 2.36. The van der Waals surface area contributed by atoms with Crippen molar-refractivity contribution in [2.75, 3.05) is 18.5 Å². The van der Waals surface area contributed by atoms with Crippen LogP contribution >= 0.6 is 0 Å². The van der Waals surface area contributed by atoms with E-state index >= 15 is 0 Å². The number of alkyl halides is 2. The number of aryl methyl sites for hydroxylation is 1. The molecule has 6 heteroatoms. The molecule has 0 radical (unpaired) electrons. The number of nitriles is 1. The first-order chi connectivity index (χ1) is 9.02. The molecule has 0 aliphatic heterocycles. The number of rotatable bonds is 6. The summed E-state index contributed by atoms with van der Waals surface area (Å²) in [6, 6.07) is 6.91. The minimum Gasteiger partial charge on any atom is -0.375 e. The molecule has 0 unspecified atom stereocenters. The molecule has 0 spiro atoms. The highest BCUT2D eigenvalue weighted by Crippen LogP contribution is 2.16. The number of carbonyl (C=O) groups excluding carboxylic acids is 1. The summed E-state index contributed by atoms with van der Waals surface area (Å²) < 4.78 is 28.2. The van der Waals surface area contributed by atoms with E-state index in [1.54, 1.807) is 25.1 Å². The van der Waals surface area contributed by atoms with Crippen LogP contribution in [0.25, 0.3) is 0 Å². The Kier molecular flexibility index (Phi) is 5.90. The first kappa shape index (κ1) is 15.1. The van der Waals surface area contributed by atoms with Crippen molar-refractivity contribution in [2.45, 2.75) is 19.8 Å². The molecule has 102 valence electrons. The van der Waals surface area contributed by atoms with Gasteiger partial charge in [0.2, 0.25) is 5.91 Å². The summed E-state index contributed by atoms with van der Waals surface area (Å²) in [7, 11) is 0. The Bertz CT molecular complexity index is 484. The Labute approximate surface area is 110 Å². The van der Waals surface area contributed by atoms with E-state index in [4.69, 9.17) is 5.26 Å². The smallest absolute Gasteiger partial charge is 0.261 e. The first-order valence-corrected chi connectivity index (χ1v) is 5.69. The second kappa shape index (κ2) is 7.44. The number of nitrogens with zero attached hydrogens (tertiary/aromatic N) is 1.